The van der Waals surface area contributed by atoms with E-state index in [0.29, 0.717) is 17.8 Å². The molecule has 1 aliphatic carbocycles. The third-order valence-corrected chi connectivity index (χ3v) is 8.13. The number of aromatic nitrogens is 4. The van der Waals surface area contributed by atoms with E-state index in [1.807, 2.05) is 0 Å². The summed E-state index contributed by atoms with van der Waals surface area (Å²) < 4.78 is 0. The molecule has 1 aliphatic rings. The number of hydrogen-bond donors (Lipinski definition) is 1. The number of tetrazole rings is 1. The normalized spacial score (nSPS) is 14.3. The number of anilines is 2. The number of nitrogens with one attached hydrogen (secondary N) is 1. The average Bonchev–Trinajstić information content (AvgIpc) is 3.38. The predicted molar refractivity (Wildman–Crippen MR) is 163 cm³/mol. The Labute approximate surface area is 237 Å². The fourth-order valence-electron chi connectivity index (χ4n) is 5.79. The SMILES string of the molecule is CCCCCCCCCCCCn1nnc(N(C(=O)Nc2c(C(C)C)cccc2C(C)C)C2CCCCC2)n1. The molecular weight excluding hydrogens is 484 g/mol. The Morgan fingerprint density at radius 2 is 1.46 bits per heavy atom. The molecule has 7 heteroatoms. The van der Waals surface area contributed by atoms with E-state index >= 15 is 0 Å². The predicted octanol–water partition coefficient (Wildman–Crippen LogP) is 9.21. The highest BCUT2D eigenvalue weighted by molar-refractivity contribution is 6.02. The summed E-state index contributed by atoms with van der Waals surface area (Å²) in [5.74, 6) is 1.05. The van der Waals surface area contributed by atoms with Crippen LogP contribution in [0.15, 0.2) is 18.2 Å². The van der Waals surface area contributed by atoms with E-state index in [-0.39, 0.29) is 12.1 Å². The molecule has 3 rings (SSSR count). The number of amides is 2. The van der Waals surface area contributed by atoms with Gasteiger partial charge in [-0.1, -0.05) is 135 Å². The molecule has 1 aromatic carbocycles. The Morgan fingerprint density at radius 3 is 2.03 bits per heavy atom. The lowest BCUT2D eigenvalue weighted by molar-refractivity contribution is 0.251. The van der Waals surface area contributed by atoms with Crippen molar-refractivity contribution in [3.05, 3.63) is 29.3 Å². The molecule has 1 aromatic heterocycles. The van der Waals surface area contributed by atoms with Crippen molar-refractivity contribution in [1.29, 1.82) is 0 Å². The van der Waals surface area contributed by atoms with Crippen molar-refractivity contribution < 1.29 is 4.79 Å². The zero-order chi connectivity index (χ0) is 28.0. The number of para-hydroxylation sites is 1. The van der Waals surface area contributed by atoms with E-state index in [2.05, 4.69) is 68.4 Å². The maximum atomic E-state index is 13.9. The van der Waals surface area contributed by atoms with Crippen LogP contribution < -0.4 is 10.2 Å². The first-order valence-electron chi connectivity index (χ1n) is 15.9. The number of carbonyl (C=O) groups is 1. The molecule has 0 radical (unpaired) electrons. The van der Waals surface area contributed by atoms with Gasteiger partial charge in [-0.2, -0.15) is 4.80 Å². The zero-order valence-electron chi connectivity index (χ0n) is 25.4. The van der Waals surface area contributed by atoms with Crippen LogP contribution in [0.1, 0.15) is 154 Å². The number of urea groups is 1. The molecule has 1 heterocycles. The van der Waals surface area contributed by atoms with Crippen LogP contribution in [0.3, 0.4) is 0 Å². The van der Waals surface area contributed by atoms with Gasteiger partial charge in [0, 0.05) is 11.7 Å². The summed E-state index contributed by atoms with van der Waals surface area (Å²) >= 11 is 0. The number of hydrogen-bond acceptors (Lipinski definition) is 4. The molecule has 0 unspecified atom stereocenters. The minimum Gasteiger partial charge on any atom is -0.307 e. The smallest absolute Gasteiger partial charge is 0.307 e. The summed E-state index contributed by atoms with van der Waals surface area (Å²) in [5, 5.41) is 16.7. The van der Waals surface area contributed by atoms with Gasteiger partial charge in [-0.15, -0.1) is 5.10 Å². The molecule has 1 fully saturated rings. The number of aryl methyl sites for hydroxylation is 1. The van der Waals surface area contributed by atoms with Gasteiger partial charge in [-0.25, -0.2) is 4.79 Å². The van der Waals surface area contributed by atoms with Crippen LogP contribution in [-0.4, -0.2) is 32.3 Å². The standard InChI is InChI=1S/C32H54N6O/c1-6-7-8-9-10-11-12-13-14-18-24-37-35-31(34-36-37)38(27-20-16-15-17-21-27)32(39)33-30-28(25(2)3)22-19-23-29(30)26(4)5/h19,22-23,25-27H,6-18,20-21,24H2,1-5H3,(H,33,39). The minimum absolute atomic E-state index is 0.0995. The highest BCUT2D eigenvalue weighted by Gasteiger charge is 2.31. The van der Waals surface area contributed by atoms with Crippen molar-refractivity contribution in [2.75, 3.05) is 10.2 Å². The number of rotatable bonds is 16. The van der Waals surface area contributed by atoms with Crippen molar-refractivity contribution in [2.45, 2.75) is 155 Å². The number of unbranched alkanes of at least 4 members (excludes halogenated alkanes) is 9. The van der Waals surface area contributed by atoms with E-state index < -0.39 is 0 Å². The molecule has 1 saturated carbocycles. The molecule has 0 aliphatic heterocycles. The topological polar surface area (TPSA) is 75.9 Å². The molecule has 0 bridgehead atoms. The zero-order valence-corrected chi connectivity index (χ0v) is 25.4. The molecule has 2 amide bonds. The van der Waals surface area contributed by atoms with E-state index in [9.17, 15) is 4.79 Å². The first-order chi connectivity index (χ1) is 18.9. The van der Waals surface area contributed by atoms with Gasteiger partial charge in [0.05, 0.1) is 6.54 Å². The van der Waals surface area contributed by atoms with Crippen LogP contribution in [0.25, 0.3) is 0 Å². The van der Waals surface area contributed by atoms with Crippen LogP contribution >= 0.6 is 0 Å². The lowest BCUT2D eigenvalue weighted by Gasteiger charge is -2.32. The van der Waals surface area contributed by atoms with Gasteiger partial charge in [0.1, 0.15) is 0 Å². The molecule has 2 aromatic rings. The second kappa shape index (κ2) is 16.6. The minimum atomic E-state index is -0.143. The van der Waals surface area contributed by atoms with Gasteiger partial charge in [0.15, 0.2) is 0 Å². The van der Waals surface area contributed by atoms with Crippen molar-refractivity contribution in [3.63, 3.8) is 0 Å². The maximum absolute atomic E-state index is 13.9. The van der Waals surface area contributed by atoms with Gasteiger partial charge in [0.25, 0.3) is 5.95 Å². The van der Waals surface area contributed by atoms with E-state index in [0.717, 1.165) is 55.5 Å². The van der Waals surface area contributed by atoms with Gasteiger partial charge in [-0.05, 0) is 47.4 Å². The summed E-state index contributed by atoms with van der Waals surface area (Å²) in [5.41, 5.74) is 3.26. The molecule has 7 nitrogen and oxygen atoms in total. The Balaban J connectivity index is 1.63. The lowest BCUT2D eigenvalue weighted by Crippen LogP contribution is -2.45. The Hall–Kier alpha value is -2.44. The second-order valence-corrected chi connectivity index (χ2v) is 12.1. The highest BCUT2D eigenvalue weighted by atomic mass is 16.2. The maximum Gasteiger partial charge on any atom is 0.329 e. The van der Waals surface area contributed by atoms with E-state index in [4.69, 9.17) is 5.10 Å². The van der Waals surface area contributed by atoms with Gasteiger partial charge < -0.3 is 5.32 Å². The molecule has 0 saturated heterocycles. The average molecular weight is 539 g/mol. The number of carbonyl (C=O) groups excluding carboxylic acids is 1. The van der Waals surface area contributed by atoms with E-state index in [1.54, 1.807) is 9.70 Å². The largest absolute Gasteiger partial charge is 0.329 e. The van der Waals surface area contributed by atoms with Crippen LogP contribution in [0, 0.1) is 0 Å². The monoisotopic (exact) mass is 538 g/mol. The summed E-state index contributed by atoms with van der Waals surface area (Å²) in [6, 6.07) is 6.30. The van der Waals surface area contributed by atoms with E-state index in [1.165, 1.54) is 64.2 Å². The van der Waals surface area contributed by atoms with Crippen molar-refractivity contribution >= 4 is 17.7 Å². The first-order valence-corrected chi connectivity index (χ1v) is 15.9. The molecule has 39 heavy (non-hydrogen) atoms. The summed E-state index contributed by atoms with van der Waals surface area (Å²) in [6.45, 7) is 11.7. The Kier molecular flexibility index (Phi) is 13.2. The van der Waals surface area contributed by atoms with Gasteiger partial charge >= 0.3 is 6.03 Å². The van der Waals surface area contributed by atoms with Crippen LogP contribution in [0.4, 0.5) is 16.4 Å². The van der Waals surface area contributed by atoms with Crippen molar-refractivity contribution in [2.24, 2.45) is 0 Å². The second-order valence-electron chi connectivity index (χ2n) is 12.1. The van der Waals surface area contributed by atoms with Crippen LogP contribution in [0.5, 0.6) is 0 Å². The quantitative estimate of drug-likeness (QED) is 0.216. The van der Waals surface area contributed by atoms with Gasteiger partial charge in [-0.3, -0.25) is 4.90 Å². The third-order valence-electron chi connectivity index (χ3n) is 8.13. The fraction of sp³-hybridized carbons (Fsp3) is 0.750. The molecule has 0 atom stereocenters. The third kappa shape index (κ3) is 9.61. The Morgan fingerprint density at radius 1 is 0.897 bits per heavy atom. The molecule has 218 valence electrons. The number of nitrogens with zero attached hydrogens (tertiary/aromatic N) is 5. The van der Waals surface area contributed by atoms with Crippen molar-refractivity contribution in [1.82, 2.24) is 20.2 Å². The first kappa shape index (κ1) is 31.1. The van der Waals surface area contributed by atoms with Crippen LogP contribution in [-0.2, 0) is 6.54 Å². The molecular formula is C32H54N6O. The number of benzene rings is 1. The van der Waals surface area contributed by atoms with Gasteiger partial charge in [0.2, 0.25) is 0 Å². The van der Waals surface area contributed by atoms with Crippen molar-refractivity contribution in [3.8, 4) is 0 Å². The summed E-state index contributed by atoms with van der Waals surface area (Å²) in [6.07, 6.45) is 18.4. The lowest BCUT2D eigenvalue weighted by atomic mass is 9.92. The fourth-order valence-corrected chi connectivity index (χ4v) is 5.79. The highest BCUT2D eigenvalue weighted by Crippen LogP contribution is 2.33. The van der Waals surface area contributed by atoms with Crippen LogP contribution in [0.2, 0.25) is 0 Å². The summed E-state index contributed by atoms with van der Waals surface area (Å²) in [4.78, 5) is 17.4. The molecule has 1 N–H and O–H groups in total. The molecule has 0 spiro atoms. The summed E-state index contributed by atoms with van der Waals surface area (Å²) in [7, 11) is 0. The Bertz CT molecular complexity index is 953.